The van der Waals surface area contributed by atoms with E-state index in [1.54, 1.807) is 0 Å². The molecular formula is C13F27I. The Kier molecular flexibility index (Phi) is 9.15. The van der Waals surface area contributed by atoms with Crippen LogP contribution < -0.4 is 0 Å². The van der Waals surface area contributed by atoms with Crippen LogP contribution in [0.5, 0.6) is 0 Å². The minimum absolute atomic E-state index is 1.29. The highest BCUT2D eigenvalue weighted by Crippen LogP contribution is 2.68. The zero-order valence-corrected chi connectivity index (χ0v) is 19.2. The Morgan fingerprint density at radius 3 is 0.439 bits per heavy atom. The first-order chi connectivity index (χ1) is 17.0. The number of rotatable bonds is 11. The molecule has 0 aromatic rings. The molecule has 0 heterocycles. The zero-order chi connectivity index (χ0) is 34.5. The van der Waals surface area contributed by atoms with Gasteiger partial charge in [0.15, 0.2) is 0 Å². The number of alkyl halides is 28. The molecule has 0 rings (SSSR count). The third kappa shape index (κ3) is 4.62. The second-order valence-corrected chi connectivity index (χ2v) is 8.67. The summed E-state index contributed by atoms with van der Waals surface area (Å²) in [6.07, 6.45) is -8.22. The molecule has 0 spiro atoms. The van der Waals surface area contributed by atoms with Gasteiger partial charge in [-0.05, 0) is 0 Å². The molecule has 41 heavy (non-hydrogen) atoms. The molecule has 0 amide bonds. The largest absolute Gasteiger partial charge is 0.460 e. The molecule has 248 valence electrons. The lowest BCUT2D eigenvalue weighted by atomic mass is 9.84. The van der Waals surface area contributed by atoms with Crippen molar-refractivity contribution in [2.45, 2.75) is 75.3 Å². The van der Waals surface area contributed by atoms with E-state index in [9.17, 15) is 119 Å². The molecule has 0 fully saturated rings. The molecule has 0 aliphatic carbocycles. The molecular weight excluding hydrogens is 796 g/mol. The van der Waals surface area contributed by atoms with E-state index in [4.69, 9.17) is 0 Å². The highest BCUT2D eigenvalue weighted by atomic mass is 127. The Hall–Kier alpha value is -1.16. The Morgan fingerprint density at radius 1 is 0.195 bits per heavy atom. The van der Waals surface area contributed by atoms with Crippen LogP contribution in [-0.2, 0) is 0 Å². The van der Waals surface area contributed by atoms with Gasteiger partial charge < -0.3 is 0 Å². The molecule has 0 unspecified atom stereocenters. The summed E-state index contributed by atoms with van der Waals surface area (Å²) in [4.78, 5) is 0. The van der Waals surface area contributed by atoms with Crippen LogP contribution in [-0.4, -0.2) is 75.3 Å². The van der Waals surface area contributed by atoms with Crippen molar-refractivity contribution in [1.82, 2.24) is 0 Å². The van der Waals surface area contributed by atoms with Gasteiger partial charge >= 0.3 is 75.3 Å². The van der Waals surface area contributed by atoms with Crippen molar-refractivity contribution in [2.75, 3.05) is 0 Å². The maximum atomic E-state index is 13.5. The average molecular weight is 796 g/mol. The van der Waals surface area contributed by atoms with Crippen LogP contribution in [0.25, 0.3) is 0 Å². The van der Waals surface area contributed by atoms with Gasteiger partial charge in [-0.25, -0.2) is 0 Å². The molecule has 28 heteroatoms. The molecule has 0 aliphatic rings. The lowest BCUT2D eigenvalue weighted by molar-refractivity contribution is -0.483. The van der Waals surface area contributed by atoms with Gasteiger partial charge in [0, 0.05) is 22.6 Å². The highest BCUT2D eigenvalue weighted by Gasteiger charge is 3.00. The van der Waals surface area contributed by atoms with Crippen molar-refractivity contribution in [1.29, 1.82) is 0 Å². The Morgan fingerprint density at radius 2 is 0.317 bits per heavy atom. The summed E-state index contributed by atoms with van der Waals surface area (Å²) in [6.45, 7) is 0. The number of halogens is 28. The van der Waals surface area contributed by atoms with Crippen LogP contribution in [0.15, 0.2) is 0 Å². The van der Waals surface area contributed by atoms with Crippen LogP contribution in [0.3, 0.4) is 0 Å². The summed E-state index contributed by atoms with van der Waals surface area (Å²) in [5.41, 5.74) is 0. The van der Waals surface area contributed by atoms with E-state index in [2.05, 4.69) is 0 Å². The van der Waals surface area contributed by atoms with E-state index in [1.807, 2.05) is 0 Å². The van der Waals surface area contributed by atoms with Gasteiger partial charge in [0.05, 0.1) is 0 Å². The van der Waals surface area contributed by atoms with Gasteiger partial charge in [0.25, 0.3) is 0 Å². The summed E-state index contributed by atoms with van der Waals surface area (Å²) < 4.78 is 346. The molecule has 0 nitrogen and oxygen atoms in total. The standard InChI is InChI=1S/C13F27I/c14-1(15,2(16,17)4(20,21)6(24,25)8(28,29)10(32,33)12(36,37)38)3(18,19)5(22,23)7(26,27)9(30,31)11(34,35)13(39,40)41. The predicted molar refractivity (Wildman–Crippen MR) is 79.4 cm³/mol. The average Bonchev–Trinajstić information content (AvgIpc) is 2.70. The number of hydrogen-bond donors (Lipinski definition) is 0. The molecule has 0 atom stereocenters. The first kappa shape index (κ1) is 39.8. The van der Waals surface area contributed by atoms with E-state index in [0.717, 1.165) is 0 Å². The van der Waals surface area contributed by atoms with Crippen molar-refractivity contribution in [3.8, 4) is 0 Å². The maximum absolute atomic E-state index is 13.5. The minimum Gasteiger partial charge on any atom is -0.192 e. The number of hydrogen-bond acceptors (Lipinski definition) is 0. The van der Waals surface area contributed by atoms with Crippen molar-refractivity contribution in [3.63, 3.8) is 0 Å². The topological polar surface area (TPSA) is 0 Å². The van der Waals surface area contributed by atoms with Gasteiger partial charge in [0.2, 0.25) is 0 Å². The summed E-state index contributed by atoms with van der Waals surface area (Å²) >= 11 is -1.29. The van der Waals surface area contributed by atoms with Crippen LogP contribution in [0.4, 0.5) is 119 Å². The molecule has 0 radical (unpaired) electrons. The minimum atomic E-state index is -9.73. The first-order valence-electron chi connectivity index (χ1n) is 8.29. The summed E-state index contributed by atoms with van der Waals surface area (Å²) in [6, 6.07) is 0. The summed E-state index contributed by atoms with van der Waals surface area (Å²) in [5.74, 6) is -102. The maximum Gasteiger partial charge on any atom is 0.460 e. The summed E-state index contributed by atoms with van der Waals surface area (Å²) in [7, 11) is 0. The Balaban J connectivity index is 7.41. The van der Waals surface area contributed by atoms with E-state index in [-0.39, 0.29) is 0 Å². The lowest BCUT2D eigenvalue weighted by Gasteiger charge is -2.45. The van der Waals surface area contributed by atoms with E-state index in [0.29, 0.717) is 0 Å². The highest BCUT2D eigenvalue weighted by molar-refractivity contribution is 14.1. The van der Waals surface area contributed by atoms with Gasteiger partial charge in [0.1, 0.15) is 0 Å². The van der Waals surface area contributed by atoms with Gasteiger partial charge in [-0.2, -0.15) is 119 Å². The Labute approximate surface area is 217 Å². The summed E-state index contributed by atoms with van der Waals surface area (Å²) in [5, 5.41) is 0. The van der Waals surface area contributed by atoms with E-state index in [1.165, 1.54) is 0 Å². The van der Waals surface area contributed by atoms with Crippen molar-refractivity contribution in [2.24, 2.45) is 0 Å². The first-order valence-corrected chi connectivity index (χ1v) is 9.37. The van der Waals surface area contributed by atoms with E-state index >= 15 is 0 Å². The van der Waals surface area contributed by atoms with E-state index < -0.39 is 97.8 Å². The van der Waals surface area contributed by atoms with Crippen LogP contribution in [0.1, 0.15) is 0 Å². The second kappa shape index (κ2) is 9.42. The fourth-order valence-electron chi connectivity index (χ4n) is 2.13. The molecule has 0 saturated carbocycles. The normalized spacial score (nSPS) is 17.3. The van der Waals surface area contributed by atoms with Crippen molar-refractivity contribution < 1.29 is 119 Å². The predicted octanol–water partition coefficient (Wildman–Crippen LogP) is 9.56. The van der Waals surface area contributed by atoms with Crippen LogP contribution in [0.2, 0.25) is 0 Å². The van der Waals surface area contributed by atoms with Crippen molar-refractivity contribution >= 4 is 22.6 Å². The van der Waals surface area contributed by atoms with Gasteiger partial charge in [-0.15, -0.1) is 0 Å². The molecule has 0 aliphatic heterocycles. The zero-order valence-electron chi connectivity index (χ0n) is 17.1. The molecule has 0 aromatic heterocycles. The van der Waals surface area contributed by atoms with Gasteiger partial charge in [-0.3, -0.25) is 0 Å². The van der Waals surface area contributed by atoms with Crippen LogP contribution in [0, 0.1) is 0 Å². The molecule has 0 bridgehead atoms. The fraction of sp³-hybridized carbons (Fsp3) is 1.00. The SMILES string of the molecule is FC(F)(F)C(F)(F)C(F)(F)C(F)(F)C(F)(F)C(F)(F)C(F)(F)C(F)(F)C(F)(F)C(F)(F)C(F)(F)C(F)(F)C(F)(F)I. The quantitative estimate of drug-likeness (QED) is 0.111. The molecule has 0 aromatic carbocycles. The molecule has 0 N–H and O–H groups in total. The second-order valence-electron chi connectivity index (χ2n) is 7.31. The third-order valence-electron chi connectivity index (χ3n) is 4.66. The monoisotopic (exact) mass is 796 g/mol. The third-order valence-corrected chi connectivity index (χ3v) is 5.33. The van der Waals surface area contributed by atoms with Crippen LogP contribution >= 0.6 is 22.6 Å². The fourth-order valence-corrected chi connectivity index (χ4v) is 2.47. The van der Waals surface area contributed by atoms with Gasteiger partial charge in [-0.1, -0.05) is 0 Å². The Bertz CT molecular complexity index is 885. The van der Waals surface area contributed by atoms with Crippen molar-refractivity contribution in [3.05, 3.63) is 0 Å². The smallest absolute Gasteiger partial charge is 0.192 e. The lowest BCUT2D eigenvalue weighted by Crippen LogP contribution is -2.78. The molecule has 0 saturated heterocycles.